The molecule has 3 aromatic carbocycles. The summed E-state index contributed by atoms with van der Waals surface area (Å²) in [4.78, 5) is 30.3. The standard InChI is InChI=1S/C31H35N3O5/c1-4-27-33-26-14-10-9-13-25(26)30(35)34(27)19-20-39-24-17-15-23(16-18-24)28(29(38-5-2)31(36)37-3)32-21-22-11-7-6-8-12-22/h6-18,28-29,32H,4-5,19-21H2,1-3H3. The van der Waals surface area contributed by atoms with Gasteiger partial charge in [0.05, 0.1) is 30.6 Å². The second-order valence-corrected chi connectivity index (χ2v) is 9.02. The first-order valence-corrected chi connectivity index (χ1v) is 13.2. The average Bonchev–Trinajstić information content (AvgIpc) is 2.98. The van der Waals surface area contributed by atoms with Gasteiger partial charge in [0, 0.05) is 19.6 Å². The van der Waals surface area contributed by atoms with Crippen LogP contribution in [0.4, 0.5) is 0 Å². The Labute approximate surface area is 228 Å². The van der Waals surface area contributed by atoms with Gasteiger partial charge >= 0.3 is 5.97 Å². The summed E-state index contributed by atoms with van der Waals surface area (Å²) in [5.74, 6) is 0.949. The van der Waals surface area contributed by atoms with Gasteiger partial charge in [0.1, 0.15) is 18.2 Å². The Hall–Kier alpha value is -4.01. The molecule has 0 bridgehead atoms. The number of rotatable bonds is 13. The van der Waals surface area contributed by atoms with Gasteiger partial charge in [-0.25, -0.2) is 9.78 Å². The number of benzene rings is 3. The van der Waals surface area contributed by atoms with Crippen molar-refractivity contribution in [3.8, 4) is 5.75 Å². The summed E-state index contributed by atoms with van der Waals surface area (Å²) in [6.45, 7) is 5.45. The van der Waals surface area contributed by atoms with Crippen molar-refractivity contribution in [1.29, 1.82) is 0 Å². The fraction of sp³-hybridized carbons (Fsp3) is 0.323. The monoisotopic (exact) mass is 529 g/mol. The summed E-state index contributed by atoms with van der Waals surface area (Å²) in [5.41, 5.74) is 2.60. The third kappa shape index (κ3) is 6.90. The van der Waals surface area contributed by atoms with Crippen molar-refractivity contribution in [2.24, 2.45) is 0 Å². The van der Waals surface area contributed by atoms with Crippen molar-refractivity contribution < 1.29 is 19.0 Å². The summed E-state index contributed by atoms with van der Waals surface area (Å²) < 4.78 is 18.5. The van der Waals surface area contributed by atoms with Gasteiger partial charge in [0.2, 0.25) is 0 Å². The number of ether oxygens (including phenoxy) is 3. The molecule has 1 aromatic heterocycles. The molecule has 204 valence electrons. The molecule has 0 aliphatic heterocycles. The van der Waals surface area contributed by atoms with Gasteiger partial charge < -0.3 is 19.5 Å². The molecule has 0 radical (unpaired) electrons. The first kappa shape index (κ1) is 28.0. The molecule has 2 atom stereocenters. The number of aromatic nitrogens is 2. The van der Waals surface area contributed by atoms with Gasteiger partial charge in [-0.1, -0.05) is 61.5 Å². The van der Waals surface area contributed by atoms with E-state index in [2.05, 4.69) is 10.3 Å². The maximum atomic E-state index is 13.0. The number of carbonyl (C=O) groups excluding carboxylic acids is 1. The minimum atomic E-state index is -0.810. The van der Waals surface area contributed by atoms with Crippen LogP contribution in [-0.4, -0.2) is 41.9 Å². The molecule has 0 amide bonds. The molecule has 0 fully saturated rings. The second kappa shape index (κ2) is 13.7. The van der Waals surface area contributed by atoms with E-state index in [-0.39, 0.29) is 5.56 Å². The Bertz CT molecular complexity index is 1420. The quantitative estimate of drug-likeness (QED) is 0.256. The molecule has 0 aliphatic carbocycles. The Balaban J connectivity index is 1.48. The molecule has 4 aromatic rings. The lowest BCUT2D eigenvalue weighted by molar-refractivity contribution is -0.156. The van der Waals surface area contributed by atoms with E-state index in [1.807, 2.05) is 86.6 Å². The summed E-state index contributed by atoms with van der Waals surface area (Å²) in [7, 11) is 1.36. The largest absolute Gasteiger partial charge is 0.492 e. The minimum Gasteiger partial charge on any atom is -0.492 e. The number of hydrogen-bond acceptors (Lipinski definition) is 7. The highest BCUT2D eigenvalue weighted by Gasteiger charge is 2.31. The van der Waals surface area contributed by atoms with Gasteiger partial charge in [-0.3, -0.25) is 9.36 Å². The number of fused-ring (bicyclic) bond motifs is 1. The van der Waals surface area contributed by atoms with Crippen molar-refractivity contribution in [1.82, 2.24) is 14.9 Å². The molecule has 39 heavy (non-hydrogen) atoms. The van der Waals surface area contributed by atoms with Crippen LogP contribution >= 0.6 is 0 Å². The van der Waals surface area contributed by atoms with Crippen molar-refractivity contribution in [3.63, 3.8) is 0 Å². The maximum absolute atomic E-state index is 13.0. The van der Waals surface area contributed by atoms with E-state index in [4.69, 9.17) is 14.2 Å². The topological polar surface area (TPSA) is 91.7 Å². The molecule has 1 N–H and O–H groups in total. The van der Waals surface area contributed by atoms with Gasteiger partial charge in [-0.15, -0.1) is 0 Å². The van der Waals surface area contributed by atoms with E-state index in [1.54, 1.807) is 10.6 Å². The highest BCUT2D eigenvalue weighted by atomic mass is 16.6. The average molecular weight is 530 g/mol. The molecule has 0 saturated carbocycles. The number of para-hydroxylation sites is 1. The van der Waals surface area contributed by atoms with Crippen LogP contribution in [0.25, 0.3) is 10.9 Å². The van der Waals surface area contributed by atoms with E-state index < -0.39 is 18.1 Å². The van der Waals surface area contributed by atoms with Crippen LogP contribution in [0.1, 0.15) is 36.8 Å². The van der Waals surface area contributed by atoms with Gasteiger partial charge in [0.25, 0.3) is 5.56 Å². The number of hydrogen-bond donors (Lipinski definition) is 1. The molecule has 8 nitrogen and oxygen atoms in total. The van der Waals surface area contributed by atoms with Crippen LogP contribution in [0.2, 0.25) is 0 Å². The molecule has 0 spiro atoms. The first-order chi connectivity index (χ1) is 19.0. The van der Waals surface area contributed by atoms with Gasteiger partial charge in [-0.05, 0) is 42.3 Å². The summed E-state index contributed by atoms with van der Waals surface area (Å²) >= 11 is 0. The van der Waals surface area contributed by atoms with Crippen LogP contribution in [0.5, 0.6) is 5.75 Å². The Morgan fingerprint density at radius 3 is 2.38 bits per heavy atom. The molecule has 0 aliphatic rings. The summed E-state index contributed by atoms with van der Waals surface area (Å²) in [6, 6.07) is 24.5. The third-order valence-electron chi connectivity index (χ3n) is 6.53. The van der Waals surface area contributed by atoms with E-state index in [1.165, 1.54) is 7.11 Å². The normalized spacial score (nSPS) is 12.7. The number of esters is 1. The van der Waals surface area contributed by atoms with Gasteiger partial charge in [0.15, 0.2) is 6.10 Å². The summed E-state index contributed by atoms with van der Waals surface area (Å²) in [5, 5.41) is 4.06. The number of aryl methyl sites for hydroxylation is 1. The van der Waals surface area contributed by atoms with Crippen LogP contribution in [0, 0.1) is 0 Å². The lowest BCUT2D eigenvalue weighted by atomic mass is 10.00. The molecular formula is C31H35N3O5. The van der Waals surface area contributed by atoms with Crippen molar-refractivity contribution in [2.45, 2.75) is 45.5 Å². The highest BCUT2D eigenvalue weighted by molar-refractivity contribution is 5.77. The van der Waals surface area contributed by atoms with E-state index in [9.17, 15) is 9.59 Å². The SMILES string of the molecule is CCOC(C(=O)OC)C(NCc1ccccc1)c1ccc(OCCn2c(CC)nc3ccccc3c2=O)cc1. The first-order valence-electron chi connectivity index (χ1n) is 13.2. The number of nitrogens with one attached hydrogen (secondary N) is 1. The van der Waals surface area contributed by atoms with Crippen LogP contribution in [0.3, 0.4) is 0 Å². The van der Waals surface area contributed by atoms with Crippen molar-refractivity contribution in [3.05, 3.63) is 106 Å². The van der Waals surface area contributed by atoms with Crippen molar-refractivity contribution >= 4 is 16.9 Å². The molecule has 0 saturated heterocycles. The lowest BCUT2D eigenvalue weighted by Gasteiger charge is -2.27. The lowest BCUT2D eigenvalue weighted by Crippen LogP contribution is -2.40. The number of nitrogens with zero attached hydrogens (tertiary/aromatic N) is 2. The number of carbonyl (C=O) groups is 1. The Morgan fingerprint density at radius 1 is 0.974 bits per heavy atom. The fourth-order valence-corrected chi connectivity index (χ4v) is 4.56. The van der Waals surface area contributed by atoms with E-state index in [0.717, 1.165) is 17.0 Å². The zero-order chi connectivity index (χ0) is 27.6. The Morgan fingerprint density at radius 2 is 1.69 bits per heavy atom. The molecule has 1 heterocycles. The molecular weight excluding hydrogens is 494 g/mol. The third-order valence-corrected chi connectivity index (χ3v) is 6.53. The highest BCUT2D eigenvalue weighted by Crippen LogP contribution is 2.24. The predicted molar refractivity (Wildman–Crippen MR) is 151 cm³/mol. The predicted octanol–water partition coefficient (Wildman–Crippen LogP) is 4.45. The molecule has 8 heteroatoms. The van der Waals surface area contributed by atoms with Gasteiger partial charge in [-0.2, -0.15) is 0 Å². The zero-order valence-corrected chi connectivity index (χ0v) is 22.6. The van der Waals surface area contributed by atoms with Crippen LogP contribution < -0.4 is 15.6 Å². The van der Waals surface area contributed by atoms with Crippen LogP contribution in [-0.2, 0) is 33.8 Å². The fourth-order valence-electron chi connectivity index (χ4n) is 4.56. The number of methoxy groups -OCH3 is 1. The Kier molecular flexibility index (Phi) is 9.83. The molecule has 4 rings (SSSR count). The maximum Gasteiger partial charge on any atom is 0.336 e. The smallest absolute Gasteiger partial charge is 0.336 e. The molecule has 2 unspecified atom stereocenters. The van der Waals surface area contributed by atoms with Crippen molar-refractivity contribution in [2.75, 3.05) is 20.3 Å². The van der Waals surface area contributed by atoms with E-state index in [0.29, 0.717) is 49.4 Å². The second-order valence-electron chi connectivity index (χ2n) is 9.02. The summed E-state index contributed by atoms with van der Waals surface area (Å²) in [6.07, 6.45) is -0.164. The van der Waals surface area contributed by atoms with E-state index >= 15 is 0 Å². The zero-order valence-electron chi connectivity index (χ0n) is 22.6. The minimum absolute atomic E-state index is 0.0616. The van der Waals surface area contributed by atoms with Crippen LogP contribution in [0.15, 0.2) is 83.7 Å².